The van der Waals surface area contributed by atoms with Gasteiger partial charge in [-0.15, -0.1) is 0 Å². The van der Waals surface area contributed by atoms with Crippen LogP contribution in [0.3, 0.4) is 0 Å². The molecule has 0 spiro atoms. The Kier molecular flexibility index (Phi) is 4.19. The van der Waals surface area contributed by atoms with Crippen LogP contribution in [0.4, 0.5) is 4.39 Å². The summed E-state index contributed by atoms with van der Waals surface area (Å²) in [6, 6.07) is 5.65. The minimum absolute atomic E-state index is 0.221. The smallest absolute Gasteiger partial charge is 0.141 e. The van der Waals surface area contributed by atoms with E-state index >= 15 is 0 Å². The van der Waals surface area contributed by atoms with Crippen LogP contribution in [0.2, 0.25) is 5.02 Å². The Bertz CT molecular complexity index is 348. The first-order chi connectivity index (χ1) is 7.75. The third kappa shape index (κ3) is 3.19. The molecule has 0 bridgehead atoms. The second-order valence-corrected chi connectivity index (χ2v) is 4.84. The lowest BCUT2D eigenvalue weighted by atomic mass is 10.1. The monoisotopic (exact) mass is 241 g/mol. The number of benzene rings is 1. The van der Waals surface area contributed by atoms with E-state index in [0.717, 1.165) is 18.5 Å². The highest BCUT2D eigenvalue weighted by Gasteiger charge is 2.13. The SMILES string of the molecule is Fc1ccc(CCNC2CCCC2)cc1Cl. The summed E-state index contributed by atoms with van der Waals surface area (Å²) in [5.41, 5.74) is 1.09. The van der Waals surface area contributed by atoms with Gasteiger partial charge in [-0.05, 0) is 43.5 Å². The van der Waals surface area contributed by atoms with Crippen LogP contribution >= 0.6 is 11.6 Å². The predicted molar refractivity (Wildman–Crippen MR) is 65.4 cm³/mol. The van der Waals surface area contributed by atoms with Crippen molar-refractivity contribution >= 4 is 11.6 Å². The van der Waals surface area contributed by atoms with E-state index in [-0.39, 0.29) is 10.8 Å². The van der Waals surface area contributed by atoms with E-state index < -0.39 is 0 Å². The first kappa shape index (κ1) is 11.9. The molecule has 1 aromatic carbocycles. The Labute approximate surface area is 101 Å². The molecule has 0 heterocycles. The zero-order valence-corrected chi connectivity index (χ0v) is 10.1. The molecule has 88 valence electrons. The molecule has 0 aromatic heterocycles. The summed E-state index contributed by atoms with van der Waals surface area (Å²) in [7, 11) is 0. The second kappa shape index (κ2) is 5.65. The maximum atomic E-state index is 12.9. The summed E-state index contributed by atoms with van der Waals surface area (Å²) in [5.74, 6) is -0.339. The van der Waals surface area contributed by atoms with E-state index in [1.54, 1.807) is 12.1 Å². The Balaban J connectivity index is 1.78. The number of hydrogen-bond acceptors (Lipinski definition) is 1. The van der Waals surface area contributed by atoms with Gasteiger partial charge in [0.05, 0.1) is 5.02 Å². The molecule has 1 fully saturated rings. The third-order valence-corrected chi connectivity index (χ3v) is 3.48. The quantitative estimate of drug-likeness (QED) is 0.850. The molecule has 0 aliphatic heterocycles. The van der Waals surface area contributed by atoms with Gasteiger partial charge in [0.2, 0.25) is 0 Å². The van der Waals surface area contributed by atoms with Crippen LogP contribution in [0.5, 0.6) is 0 Å². The zero-order chi connectivity index (χ0) is 11.4. The highest BCUT2D eigenvalue weighted by Crippen LogP contribution is 2.18. The molecule has 1 N–H and O–H groups in total. The van der Waals surface area contributed by atoms with Gasteiger partial charge in [0.1, 0.15) is 5.82 Å². The number of nitrogens with one attached hydrogen (secondary N) is 1. The molecule has 0 amide bonds. The van der Waals surface area contributed by atoms with Crippen LogP contribution in [0.25, 0.3) is 0 Å². The summed E-state index contributed by atoms with van der Waals surface area (Å²) in [6.07, 6.45) is 6.20. The molecule has 1 aliphatic carbocycles. The summed E-state index contributed by atoms with van der Waals surface area (Å²) in [5, 5.41) is 3.75. The van der Waals surface area contributed by atoms with Gasteiger partial charge in [-0.25, -0.2) is 4.39 Å². The van der Waals surface area contributed by atoms with Crippen LogP contribution < -0.4 is 5.32 Å². The minimum atomic E-state index is -0.339. The number of halogens is 2. The summed E-state index contributed by atoms with van der Waals surface area (Å²) in [6.45, 7) is 0.951. The van der Waals surface area contributed by atoms with Crippen molar-refractivity contribution in [1.29, 1.82) is 0 Å². The fourth-order valence-corrected chi connectivity index (χ4v) is 2.45. The summed E-state index contributed by atoms with van der Waals surface area (Å²) >= 11 is 5.72. The lowest BCUT2D eigenvalue weighted by molar-refractivity contribution is 0.527. The van der Waals surface area contributed by atoms with Crippen LogP contribution in [0, 0.1) is 5.82 Å². The third-order valence-electron chi connectivity index (χ3n) is 3.19. The van der Waals surface area contributed by atoms with Gasteiger partial charge in [0.15, 0.2) is 0 Å². The number of rotatable bonds is 4. The van der Waals surface area contributed by atoms with Gasteiger partial charge in [-0.2, -0.15) is 0 Å². The molecule has 3 heteroatoms. The normalized spacial score (nSPS) is 16.9. The average Bonchev–Trinajstić information content (AvgIpc) is 2.76. The maximum absolute atomic E-state index is 12.9. The minimum Gasteiger partial charge on any atom is -0.314 e. The van der Waals surface area contributed by atoms with Crippen molar-refractivity contribution < 1.29 is 4.39 Å². The van der Waals surface area contributed by atoms with Crippen molar-refractivity contribution in [3.8, 4) is 0 Å². The largest absolute Gasteiger partial charge is 0.314 e. The van der Waals surface area contributed by atoms with E-state index in [2.05, 4.69) is 5.32 Å². The van der Waals surface area contributed by atoms with Crippen molar-refractivity contribution in [2.24, 2.45) is 0 Å². The van der Waals surface area contributed by atoms with Gasteiger partial charge >= 0.3 is 0 Å². The molecular weight excluding hydrogens is 225 g/mol. The Hall–Kier alpha value is -0.600. The Morgan fingerprint density at radius 3 is 2.75 bits per heavy atom. The topological polar surface area (TPSA) is 12.0 Å². The molecule has 0 radical (unpaired) electrons. The van der Waals surface area contributed by atoms with Crippen molar-refractivity contribution in [2.75, 3.05) is 6.54 Å². The molecule has 1 aliphatic rings. The molecule has 1 nitrogen and oxygen atoms in total. The standard InChI is InChI=1S/C13H17ClFN/c14-12-9-10(5-6-13(12)15)7-8-16-11-3-1-2-4-11/h5-6,9,11,16H,1-4,7-8H2. The molecule has 16 heavy (non-hydrogen) atoms. The van der Waals surface area contributed by atoms with Crippen LogP contribution in [-0.2, 0) is 6.42 Å². The molecule has 0 unspecified atom stereocenters. The fourth-order valence-electron chi connectivity index (χ4n) is 2.25. The second-order valence-electron chi connectivity index (χ2n) is 4.43. The van der Waals surface area contributed by atoms with E-state index in [1.165, 1.54) is 31.7 Å². The van der Waals surface area contributed by atoms with Crippen LogP contribution in [0.1, 0.15) is 31.2 Å². The molecule has 0 atom stereocenters. The lowest BCUT2D eigenvalue weighted by Crippen LogP contribution is -2.27. The summed E-state index contributed by atoms with van der Waals surface area (Å²) < 4.78 is 12.9. The highest BCUT2D eigenvalue weighted by molar-refractivity contribution is 6.30. The van der Waals surface area contributed by atoms with Gasteiger partial charge in [-0.3, -0.25) is 0 Å². The zero-order valence-electron chi connectivity index (χ0n) is 9.31. The number of hydrogen-bond donors (Lipinski definition) is 1. The van der Waals surface area contributed by atoms with Crippen molar-refractivity contribution in [3.05, 3.63) is 34.6 Å². The molecular formula is C13H17ClFN. The first-order valence-corrected chi connectivity index (χ1v) is 6.31. The highest BCUT2D eigenvalue weighted by atomic mass is 35.5. The van der Waals surface area contributed by atoms with Crippen molar-refractivity contribution in [2.45, 2.75) is 38.1 Å². The van der Waals surface area contributed by atoms with E-state index in [4.69, 9.17) is 11.6 Å². The molecule has 1 saturated carbocycles. The Morgan fingerprint density at radius 2 is 2.06 bits per heavy atom. The Morgan fingerprint density at radius 1 is 1.31 bits per heavy atom. The van der Waals surface area contributed by atoms with Crippen LogP contribution in [0.15, 0.2) is 18.2 Å². The maximum Gasteiger partial charge on any atom is 0.141 e. The van der Waals surface area contributed by atoms with E-state index in [0.29, 0.717) is 6.04 Å². The van der Waals surface area contributed by atoms with Crippen molar-refractivity contribution in [3.63, 3.8) is 0 Å². The van der Waals surface area contributed by atoms with Crippen LogP contribution in [-0.4, -0.2) is 12.6 Å². The molecule has 2 rings (SSSR count). The first-order valence-electron chi connectivity index (χ1n) is 5.93. The van der Waals surface area contributed by atoms with Gasteiger partial charge in [0, 0.05) is 6.04 Å². The lowest BCUT2D eigenvalue weighted by Gasteiger charge is -2.11. The fraction of sp³-hybridized carbons (Fsp3) is 0.538. The van der Waals surface area contributed by atoms with E-state index in [1.807, 2.05) is 0 Å². The van der Waals surface area contributed by atoms with Gasteiger partial charge in [-0.1, -0.05) is 30.5 Å². The van der Waals surface area contributed by atoms with Crippen molar-refractivity contribution in [1.82, 2.24) is 5.32 Å². The van der Waals surface area contributed by atoms with Gasteiger partial charge in [0.25, 0.3) is 0 Å². The summed E-state index contributed by atoms with van der Waals surface area (Å²) in [4.78, 5) is 0. The molecule has 1 aromatic rings. The predicted octanol–water partition coefficient (Wildman–Crippen LogP) is 3.55. The van der Waals surface area contributed by atoms with E-state index in [9.17, 15) is 4.39 Å². The molecule has 0 saturated heterocycles. The van der Waals surface area contributed by atoms with Gasteiger partial charge < -0.3 is 5.32 Å². The average molecular weight is 242 g/mol.